The monoisotopic (exact) mass is 399 g/mol. The van der Waals surface area contributed by atoms with Crippen LogP contribution in [0, 0.1) is 6.92 Å². The molecule has 2 aromatic carbocycles. The molecule has 7 heteroatoms. The van der Waals surface area contributed by atoms with Crippen molar-refractivity contribution in [3.05, 3.63) is 70.2 Å². The molecule has 0 aliphatic heterocycles. The Morgan fingerprint density at radius 1 is 1.11 bits per heavy atom. The van der Waals surface area contributed by atoms with Gasteiger partial charge in [0.1, 0.15) is 5.01 Å². The molecule has 0 aliphatic rings. The zero-order valence-electron chi connectivity index (χ0n) is 14.7. The minimum absolute atomic E-state index is 0.337. The number of thiazole rings is 1. The van der Waals surface area contributed by atoms with Gasteiger partial charge in [-0.3, -0.25) is 9.59 Å². The van der Waals surface area contributed by atoms with Gasteiger partial charge in [0.15, 0.2) is 0 Å². The summed E-state index contributed by atoms with van der Waals surface area (Å²) in [5.41, 5.74) is 3.47. The maximum Gasteiger partial charge on any atom is 0.313 e. The number of nitrogens with zero attached hydrogens (tertiary/aromatic N) is 1. The summed E-state index contributed by atoms with van der Waals surface area (Å²) < 4.78 is 0. The molecule has 3 aromatic rings. The van der Waals surface area contributed by atoms with Gasteiger partial charge in [0.25, 0.3) is 0 Å². The number of aromatic nitrogens is 1. The van der Waals surface area contributed by atoms with Crippen LogP contribution in [-0.4, -0.2) is 23.3 Å². The SMILES string of the molecule is Cc1cccc(NC(=O)C(=O)NCCc2csc(-c3ccc(Cl)cc3)n2)c1. The van der Waals surface area contributed by atoms with Crippen molar-refractivity contribution in [1.82, 2.24) is 10.3 Å². The lowest BCUT2D eigenvalue weighted by atomic mass is 10.2. The number of amides is 2. The third-order valence-corrected chi connectivity index (χ3v) is 4.98. The predicted molar refractivity (Wildman–Crippen MR) is 109 cm³/mol. The topological polar surface area (TPSA) is 71.1 Å². The highest BCUT2D eigenvalue weighted by Crippen LogP contribution is 2.25. The largest absolute Gasteiger partial charge is 0.347 e. The predicted octanol–water partition coefficient (Wildman–Crippen LogP) is 4.07. The second kappa shape index (κ2) is 8.79. The number of carbonyl (C=O) groups is 2. The van der Waals surface area contributed by atoms with Crippen LogP contribution in [0.3, 0.4) is 0 Å². The van der Waals surface area contributed by atoms with Gasteiger partial charge < -0.3 is 10.6 Å². The number of aryl methyl sites for hydroxylation is 1. The molecule has 1 aromatic heterocycles. The number of anilines is 1. The first kappa shape index (κ1) is 19.1. The first-order valence-electron chi connectivity index (χ1n) is 8.37. The zero-order valence-corrected chi connectivity index (χ0v) is 16.2. The van der Waals surface area contributed by atoms with Gasteiger partial charge in [0.2, 0.25) is 0 Å². The van der Waals surface area contributed by atoms with Crippen molar-refractivity contribution in [2.75, 3.05) is 11.9 Å². The lowest BCUT2D eigenvalue weighted by Gasteiger charge is -2.06. The third-order valence-electron chi connectivity index (χ3n) is 3.79. The summed E-state index contributed by atoms with van der Waals surface area (Å²) >= 11 is 7.43. The number of carbonyl (C=O) groups excluding carboxylic acids is 2. The van der Waals surface area contributed by atoms with Crippen molar-refractivity contribution in [2.24, 2.45) is 0 Å². The Hall–Kier alpha value is -2.70. The summed E-state index contributed by atoms with van der Waals surface area (Å²) in [4.78, 5) is 28.4. The van der Waals surface area contributed by atoms with Crippen molar-refractivity contribution in [2.45, 2.75) is 13.3 Å². The van der Waals surface area contributed by atoms with E-state index in [1.807, 2.05) is 48.7 Å². The van der Waals surface area contributed by atoms with Gasteiger partial charge in [0, 0.05) is 34.6 Å². The molecule has 0 radical (unpaired) electrons. The summed E-state index contributed by atoms with van der Waals surface area (Å²) in [6.07, 6.45) is 0.549. The van der Waals surface area contributed by atoms with Gasteiger partial charge in [0.05, 0.1) is 5.69 Å². The van der Waals surface area contributed by atoms with Gasteiger partial charge in [-0.2, -0.15) is 0 Å². The summed E-state index contributed by atoms with van der Waals surface area (Å²) in [6, 6.07) is 14.8. The van der Waals surface area contributed by atoms with E-state index in [0.29, 0.717) is 23.7 Å². The molecule has 5 nitrogen and oxygen atoms in total. The number of benzene rings is 2. The average molecular weight is 400 g/mol. The second-order valence-corrected chi connectivity index (χ2v) is 7.27. The fourth-order valence-corrected chi connectivity index (χ4v) is 3.43. The highest BCUT2D eigenvalue weighted by Gasteiger charge is 2.13. The molecule has 0 bridgehead atoms. The maximum absolute atomic E-state index is 11.9. The highest BCUT2D eigenvalue weighted by molar-refractivity contribution is 7.13. The lowest BCUT2D eigenvalue weighted by molar-refractivity contribution is -0.136. The molecular weight excluding hydrogens is 382 g/mol. The van der Waals surface area contributed by atoms with Crippen LogP contribution in [0.25, 0.3) is 10.6 Å². The standard InChI is InChI=1S/C20H18ClN3O2S/c1-13-3-2-4-16(11-13)23-19(26)18(25)22-10-9-17-12-27-20(24-17)14-5-7-15(21)8-6-14/h2-8,11-12H,9-10H2,1H3,(H,22,25)(H,23,26). The maximum atomic E-state index is 11.9. The molecule has 1 heterocycles. The van der Waals surface area contributed by atoms with Crippen LogP contribution >= 0.6 is 22.9 Å². The van der Waals surface area contributed by atoms with Gasteiger partial charge >= 0.3 is 11.8 Å². The summed E-state index contributed by atoms with van der Waals surface area (Å²) in [7, 11) is 0. The third kappa shape index (κ3) is 5.39. The van der Waals surface area contributed by atoms with E-state index in [2.05, 4.69) is 15.6 Å². The molecule has 138 valence electrons. The quantitative estimate of drug-likeness (QED) is 0.635. The molecule has 0 spiro atoms. The van der Waals surface area contributed by atoms with Crippen LogP contribution in [0.5, 0.6) is 0 Å². The van der Waals surface area contributed by atoms with Crippen LogP contribution in [0.1, 0.15) is 11.3 Å². The minimum Gasteiger partial charge on any atom is -0.347 e. The molecule has 2 N–H and O–H groups in total. The fourth-order valence-electron chi connectivity index (χ4n) is 2.44. The molecule has 0 fully saturated rings. The Morgan fingerprint density at radius 3 is 2.63 bits per heavy atom. The molecule has 0 saturated heterocycles. The molecular formula is C20H18ClN3O2S. The Morgan fingerprint density at radius 2 is 1.89 bits per heavy atom. The van der Waals surface area contributed by atoms with E-state index in [1.165, 1.54) is 11.3 Å². The molecule has 0 unspecified atom stereocenters. The molecule has 0 aliphatic carbocycles. The van der Waals surface area contributed by atoms with Crippen LogP contribution < -0.4 is 10.6 Å². The van der Waals surface area contributed by atoms with E-state index in [9.17, 15) is 9.59 Å². The van der Waals surface area contributed by atoms with E-state index in [-0.39, 0.29) is 0 Å². The average Bonchev–Trinajstić information content (AvgIpc) is 3.11. The molecule has 2 amide bonds. The summed E-state index contributed by atoms with van der Waals surface area (Å²) in [6.45, 7) is 2.26. The minimum atomic E-state index is -0.680. The lowest BCUT2D eigenvalue weighted by Crippen LogP contribution is -2.36. The van der Waals surface area contributed by atoms with E-state index < -0.39 is 11.8 Å². The summed E-state index contributed by atoms with van der Waals surface area (Å²) in [5, 5.41) is 8.73. The van der Waals surface area contributed by atoms with Crippen molar-refractivity contribution in [1.29, 1.82) is 0 Å². The normalized spacial score (nSPS) is 10.4. The highest BCUT2D eigenvalue weighted by atomic mass is 35.5. The Kier molecular flexibility index (Phi) is 6.21. The van der Waals surface area contributed by atoms with Crippen LogP contribution in [0.2, 0.25) is 5.02 Å². The number of halogens is 1. The van der Waals surface area contributed by atoms with Crippen LogP contribution in [0.15, 0.2) is 53.9 Å². The Balaban J connectivity index is 1.48. The summed E-state index contributed by atoms with van der Waals surface area (Å²) in [5.74, 6) is -1.34. The first-order valence-corrected chi connectivity index (χ1v) is 9.63. The molecule has 0 atom stereocenters. The molecule has 3 rings (SSSR count). The van der Waals surface area contributed by atoms with Crippen molar-refractivity contribution in [3.8, 4) is 10.6 Å². The molecule has 27 heavy (non-hydrogen) atoms. The zero-order chi connectivity index (χ0) is 19.2. The van der Waals surface area contributed by atoms with Gasteiger partial charge in [-0.05, 0) is 36.8 Å². The van der Waals surface area contributed by atoms with Crippen molar-refractivity contribution < 1.29 is 9.59 Å². The second-order valence-electron chi connectivity index (χ2n) is 5.98. The number of rotatable bonds is 5. The van der Waals surface area contributed by atoms with Gasteiger partial charge in [-0.15, -0.1) is 11.3 Å². The Labute approximate surface area is 166 Å². The number of hydrogen-bond donors (Lipinski definition) is 2. The molecule has 0 saturated carbocycles. The number of hydrogen-bond acceptors (Lipinski definition) is 4. The van der Waals surface area contributed by atoms with E-state index in [0.717, 1.165) is 21.8 Å². The fraction of sp³-hybridized carbons (Fsp3) is 0.150. The van der Waals surface area contributed by atoms with Crippen LogP contribution in [-0.2, 0) is 16.0 Å². The number of nitrogens with one attached hydrogen (secondary N) is 2. The smallest absolute Gasteiger partial charge is 0.313 e. The van der Waals surface area contributed by atoms with Gasteiger partial charge in [-0.25, -0.2) is 4.98 Å². The van der Waals surface area contributed by atoms with Crippen molar-refractivity contribution >= 4 is 40.4 Å². The van der Waals surface area contributed by atoms with E-state index in [1.54, 1.807) is 12.1 Å². The van der Waals surface area contributed by atoms with E-state index >= 15 is 0 Å². The Bertz CT molecular complexity index is 954. The first-order chi connectivity index (χ1) is 13.0. The van der Waals surface area contributed by atoms with Crippen LogP contribution in [0.4, 0.5) is 5.69 Å². The van der Waals surface area contributed by atoms with E-state index in [4.69, 9.17) is 11.6 Å². The van der Waals surface area contributed by atoms with Gasteiger partial charge in [-0.1, -0.05) is 35.9 Å². The van der Waals surface area contributed by atoms with Crippen molar-refractivity contribution in [3.63, 3.8) is 0 Å².